The maximum atomic E-state index is 12.8. The van der Waals surface area contributed by atoms with Gasteiger partial charge in [0.2, 0.25) is 0 Å². The number of hydrazine groups is 2. The number of amides is 2. The van der Waals surface area contributed by atoms with Gasteiger partial charge in [0.25, 0.3) is 5.91 Å². The van der Waals surface area contributed by atoms with Gasteiger partial charge >= 0.3 is 6.09 Å². The maximum absolute atomic E-state index is 12.8. The highest BCUT2D eigenvalue weighted by Crippen LogP contribution is 2.14. The summed E-state index contributed by atoms with van der Waals surface area (Å²) >= 11 is 3.39. The Morgan fingerprint density at radius 1 is 1.44 bits per heavy atom. The summed E-state index contributed by atoms with van der Waals surface area (Å²) in [6, 6.07) is -0.766. The van der Waals surface area contributed by atoms with Crippen LogP contribution in [-0.2, 0) is 9.53 Å². The van der Waals surface area contributed by atoms with E-state index in [4.69, 9.17) is 4.74 Å². The molecule has 10 heteroatoms. The Morgan fingerprint density at radius 3 is 2.68 bits per heavy atom. The standard InChI is InChI=1S/C15H27BrN6O3/c1-15(2,3)25-14(24)18-10(9-11-19-13(16)21(4)20-11)12(23)22-8-6-5-7-17-22/h10,13,17H,5-9H2,1-4H3,(H,18,24)(H,19,20)/t10-,13?/m0/s1. The minimum absolute atomic E-state index is 0.198. The first-order valence-electron chi connectivity index (χ1n) is 8.40. The molecule has 2 aliphatic heterocycles. The van der Waals surface area contributed by atoms with Crippen LogP contribution in [0.2, 0.25) is 0 Å². The lowest BCUT2D eigenvalue weighted by Gasteiger charge is -2.31. The number of ether oxygens (including phenoxy) is 1. The normalized spacial score (nSPS) is 22.8. The molecule has 142 valence electrons. The van der Waals surface area contributed by atoms with E-state index < -0.39 is 17.7 Å². The Morgan fingerprint density at radius 2 is 2.16 bits per heavy atom. The fourth-order valence-corrected chi connectivity index (χ4v) is 2.86. The first-order chi connectivity index (χ1) is 11.7. The van der Waals surface area contributed by atoms with Gasteiger partial charge in [0.1, 0.15) is 17.5 Å². The fourth-order valence-electron chi connectivity index (χ4n) is 2.51. The zero-order valence-corrected chi connectivity index (χ0v) is 16.7. The van der Waals surface area contributed by atoms with Gasteiger partial charge in [-0.2, -0.15) is 5.01 Å². The highest BCUT2D eigenvalue weighted by Gasteiger charge is 2.32. The first kappa shape index (κ1) is 19.9. The molecule has 0 aromatic rings. The van der Waals surface area contributed by atoms with E-state index >= 15 is 0 Å². The van der Waals surface area contributed by atoms with Gasteiger partial charge in [-0.15, -0.1) is 0 Å². The van der Waals surface area contributed by atoms with Crippen molar-refractivity contribution >= 4 is 33.8 Å². The van der Waals surface area contributed by atoms with E-state index in [0.717, 1.165) is 19.4 Å². The summed E-state index contributed by atoms with van der Waals surface area (Å²) in [4.78, 5) is 29.4. The van der Waals surface area contributed by atoms with Crippen molar-refractivity contribution in [2.75, 3.05) is 20.1 Å². The van der Waals surface area contributed by atoms with Gasteiger partial charge in [0, 0.05) is 26.6 Å². The maximum Gasteiger partial charge on any atom is 0.408 e. The number of rotatable bonds is 4. The summed E-state index contributed by atoms with van der Waals surface area (Å²) in [5.74, 6) is 0.423. The van der Waals surface area contributed by atoms with Gasteiger partial charge in [0.15, 0.2) is 5.08 Å². The third-order valence-electron chi connectivity index (χ3n) is 3.65. The number of aliphatic imine (C=N–C) groups is 1. The molecule has 0 saturated carbocycles. The van der Waals surface area contributed by atoms with Crippen LogP contribution < -0.4 is 16.2 Å². The Bertz CT molecular complexity index is 530. The number of carbonyl (C=O) groups is 2. The second kappa shape index (κ2) is 8.33. The van der Waals surface area contributed by atoms with Crippen molar-refractivity contribution in [2.24, 2.45) is 4.99 Å². The van der Waals surface area contributed by atoms with Crippen LogP contribution in [0.4, 0.5) is 4.79 Å². The molecular formula is C15H27BrN6O3. The fraction of sp³-hybridized carbons (Fsp3) is 0.800. The largest absolute Gasteiger partial charge is 0.444 e. The van der Waals surface area contributed by atoms with Gasteiger partial charge in [-0.05, 0) is 49.5 Å². The number of alkyl halides is 1. The van der Waals surface area contributed by atoms with E-state index in [1.165, 1.54) is 0 Å². The molecule has 1 saturated heterocycles. The average molecular weight is 419 g/mol. The summed E-state index contributed by atoms with van der Waals surface area (Å²) in [5, 5.41) is 5.81. The van der Waals surface area contributed by atoms with Crippen LogP contribution in [0, 0.1) is 0 Å². The number of amidine groups is 1. The summed E-state index contributed by atoms with van der Waals surface area (Å²) < 4.78 is 5.29. The molecule has 0 aromatic heterocycles. The number of alkyl carbamates (subject to hydrolysis) is 1. The van der Waals surface area contributed by atoms with Crippen molar-refractivity contribution in [3.63, 3.8) is 0 Å². The Balaban J connectivity index is 2.06. The quantitative estimate of drug-likeness (QED) is 0.463. The Hall–Kier alpha value is -1.39. The van der Waals surface area contributed by atoms with Gasteiger partial charge in [-0.25, -0.2) is 15.2 Å². The van der Waals surface area contributed by atoms with E-state index in [1.807, 2.05) is 7.05 Å². The molecule has 1 unspecified atom stereocenters. The van der Waals surface area contributed by atoms with E-state index in [2.05, 4.69) is 37.1 Å². The van der Waals surface area contributed by atoms with E-state index in [9.17, 15) is 9.59 Å². The molecule has 0 aliphatic carbocycles. The van der Waals surface area contributed by atoms with Gasteiger partial charge in [-0.3, -0.25) is 9.80 Å². The average Bonchev–Trinajstić information content (AvgIpc) is 2.83. The van der Waals surface area contributed by atoms with Crippen molar-refractivity contribution in [3.8, 4) is 0 Å². The van der Waals surface area contributed by atoms with Crippen LogP contribution in [0.5, 0.6) is 0 Å². The third kappa shape index (κ3) is 6.12. The second-order valence-electron chi connectivity index (χ2n) is 7.12. The van der Waals surface area contributed by atoms with Crippen LogP contribution in [0.1, 0.15) is 40.0 Å². The number of nitrogens with one attached hydrogen (secondary N) is 3. The zero-order valence-electron chi connectivity index (χ0n) is 15.1. The number of hydrogen-bond donors (Lipinski definition) is 3. The SMILES string of the molecule is CN1NC(C[C@H](NC(=O)OC(C)(C)C)C(=O)N2CCCCN2)=NC1Br. The molecule has 0 aromatic carbocycles. The van der Waals surface area contributed by atoms with Crippen molar-refractivity contribution in [2.45, 2.75) is 56.8 Å². The Labute approximate surface area is 156 Å². The molecule has 3 N–H and O–H groups in total. The molecule has 2 heterocycles. The predicted octanol–water partition coefficient (Wildman–Crippen LogP) is 0.924. The summed E-state index contributed by atoms with van der Waals surface area (Å²) in [6.07, 6.45) is 1.59. The van der Waals surface area contributed by atoms with Crippen molar-refractivity contribution < 1.29 is 14.3 Å². The molecule has 2 atom stereocenters. The molecule has 0 radical (unpaired) electrons. The minimum atomic E-state index is -0.766. The Kier molecular flexibility index (Phi) is 6.64. The highest BCUT2D eigenvalue weighted by atomic mass is 79.9. The zero-order chi connectivity index (χ0) is 18.6. The summed E-state index contributed by atoms with van der Waals surface area (Å²) in [7, 11) is 1.83. The van der Waals surface area contributed by atoms with Gasteiger partial charge in [-0.1, -0.05) is 0 Å². The molecule has 2 rings (SSSR count). The van der Waals surface area contributed by atoms with E-state index in [-0.39, 0.29) is 17.4 Å². The van der Waals surface area contributed by atoms with Crippen LogP contribution in [0.3, 0.4) is 0 Å². The first-order valence-corrected chi connectivity index (χ1v) is 9.32. The van der Waals surface area contributed by atoms with Crippen molar-refractivity contribution in [1.29, 1.82) is 0 Å². The monoisotopic (exact) mass is 418 g/mol. The minimum Gasteiger partial charge on any atom is -0.444 e. The topological polar surface area (TPSA) is 98.3 Å². The number of nitrogens with zero attached hydrogens (tertiary/aromatic N) is 3. The smallest absolute Gasteiger partial charge is 0.408 e. The van der Waals surface area contributed by atoms with Gasteiger partial charge < -0.3 is 15.5 Å². The number of carbonyl (C=O) groups excluding carboxylic acids is 2. The second-order valence-corrected chi connectivity index (χ2v) is 7.94. The van der Waals surface area contributed by atoms with Crippen LogP contribution in [0.15, 0.2) is 4.99 Å². The predicted molar refractivity (Wildman–Crippen MR) is 97.8 cm³/mol. The van der Waals surface area contributed by atoms with Crippen LogP contribution in [-0.4, -0.2) is 64.7 Å². The van der Waals surface area contributed by atoms with E-state index in [1.54, 1.807) is 30.8 Å². The number of halogens is 1. The molecule has 25 heavy (non-hydrogen) atoms. The van der Waals surface area contributed by atoms with Crippen molar-refractivity contribution in [1.82, 2.24) is 26.2 Å². The number of hydrogen-bond acceptors (Lipinski definition) is 7. The molecule has 0 bridgehead atoms. The van der Waals surface area contributed by atoms with E-state index in [0.29, 0.717) is 12.4 Å². The lowest BCUT2D eigenvalue weighted by molar-refractivity contribution is -0.137. The molecule has 2 aliphatic rings. The lowest BCUT2D eigenvalue weighted by atomic mass is 10.1. The van der Waals surface area contributed by atoms with Crippen LogP contribution in [0.25, 0.3) is 0 Å². The molecule has 9 nitrogen and oxygen atoms in total. The molecular weight excluding hydrogens is 392 g/mol. The molecule has 1 fully saturated rings. The van der Waals surface area contributed by atoms with Crippen molar-refractivity contribution in [3.05, 3.63) is 0 Å². The molecule has 2 amide bonds. The summed E-state index contributed by atoms with van der Waals surface area (Å²) in [5.41, 5.74) is 5.51. The summed E-state index contributed by atoms with van der Waals surface area (Å²) in [6.45, 7) is 6.70. The third-order valence-corrected chi connectivity index (χ3v) is 4.47. The van der Waals surface area contributed by atoms with Crippen LogP contribution >= 0.6 is 15.9 Å². The lowest BCUT2D eigenvalue weighted by Crippen LogP contribution is -2.56. The van der Waals surface area contributed by atoms with Gasteiger partial charge in [0.05, 0.1) is 0 Å². The highest BCUT2D eigenvalue weighted by molar-refractivity contribution is 9.09. The molecule has 0 spiro atoms.